The average molecular weight is 490 g/mol. The molecule has 160 valence electrons. The van der Waals surface area contributed by atoms with Crippen LogP contribution >= 0.6 is 15.9 Å². The third-order valence-corrected chi connectivity index (χ3v) is 6.31. The lowest BCUT2D eigenvalue weighted by Crippen LogP contribution is -2.52. The first-order chi connectivity index (χ1) is 14.8. The van der Waals surface area contributed by atoms with Gasteiger partial charge in [0.15, 0.2) is 0 Å². The van der Waals surface area contributed by atoms with Gasteiger partial charge in [0.2, 0.25) is 5.95 Å². The molecule has 2 aromatic carbocycles. The van der Waals surface area contributed by atoms with Crippen molar-refractivity contribution in [2.45, 2.75) is 19.1 Å². The van der Waals surface area contributed by atoms with Crippen LogP contribution in [0.15, 0.2) is 53.1 Å². The summed E-state index contributed by atoms with van der Waals surface area (Å²) in [5.74, 6) is 1.53. The van der Waals surface area contributed by atoms with Gasteiger partial charge in [-0.3, -0.25) is 0 Å². The predicted molar refractivity (Wildman–Crippen MR) is 120 cm³/mol. The van der Waals surface area contributed by atoms with Gasteiger partial charge in [-0.15, -0.1) is 0 Å². The second kappa shape index (κ2) is 7.40. The minimum Gasteiger partial charge on any atom is -0.352 e. The number of aromatic nitrogens is 3. The maximum absolute atomic E-state index is 13.2. The lowest BCUT2D eigenvalue weighted by atomic mass is 10.1. The molecular weight excluding hydrogens is 471 g/mol. The Morgan fingerprint density at radius 3 is 2.71 bits per heavy atom. The highest BCUT2D eigenvalue weighted by atomic mass is 79.9. The summed E-state index contributed by atoms with van der Waals surface area (Å²) in [7, 11) is 0. The summed E-state index contributed by atoms with van der Waals surface area (Å²) < 4.78 is 39.8. The van der Waals surface area contributed by atoms with Gasteiger partial charge in [-0.2, -0.15) is 13.2 Å². The second-order valence-electron chi connectivity index (χ2n) is 7.76. The molecule has 2 aromatic heterocycles. The van der Waals surface area contributed by atoms with Gasteiger partial charge in [0.05, 0.1) is 11.1 Å². The first kappa shape index (κ1) is 20.1. The van der Waals surface area contributed by atoms with Gasteiger partial charge in [0, 0.05) is 41.7 Å². The number of anilines is 2. The number of hydrogen-bond donors (Lipinski definition) is 1. The van der Waals surface area contributed by atoms with E-state index >= 15 is 0 Å². The number of imidazole rings is 1. The van der Waals surface area contributed by atoms with Crippen LogP contribution < -0.4 is 9.80 Å². The number of halogens is 4. The summed E-state index contributed by atoms with van der Waals surface area (Å²) in [5, 5.41) is 2.25. The van der Waals surface area contributed by atoms with Crippen LogP contribution in [-0.2, 0) is 6.18 Å². The molecule has 0 radical (unpaired) electrons. The number of H-pyrrole nitrogens is 1. The van der Waals surface area contributed by atoms with Crippen molar-refractivity contribution in [2.24, 2.45) is 0 Å². The van der Waals surface area contributed by atoms with Gasteiger partial charge in [-0.1, -0.05) is 24.3 Å². The van der Waals surface area contributed by atoms with E-state index in [0.29, 0.717) is 28.0 Å². The number of pyridine rings is 1. The smallest absolute Gasteiger partial charge is 0.352 e. The van der Waals surface area contributed by atoms with Crippen molar-refractivity contribution in [3.05, 3.63) is 58.7 Å². The summed E-state index contributed by atoms with van der Waals surface area (Å²) in [5.41, 5.74) is 0.150. The minimum absolute atomic E-state index is 0.0935. The summed E-state index contributed by atoms with van der Waals surface area (Å²) in [6.45, 7) is 4.22. The number of benzene rings is 2. The van der Waals surface area contributed by atoms with Gasteiger partial charge in [0.1, 0.15) is 11.3 Å². The topological polar surface area (TPSA) is 48.1 Å². The van der Waals surface area contributed by atoms with E-state index in [1.807, 2.05) is 24.4 Å². The van der Waals surface area contributed by atoms with E-state index in [9.17, 15) is 13.2 Å². The lowest BCUT2D eigenvalue weighted by Gasteiger charge is -2.40. The molecule has 0 bridgehead atoms. The Kier molecular flexibility index (Phi) is 4.80. The number of nitrogens with one attached hydrogen (secondary N) is 1. The van der Waals surface area contributed by atoms with Crippen molar-refractivity contribution in [3.8, 4) is 0 Å². The van der Waals surface area contributed by atoms with Crippen LogP contribution in [0.1, 0.15) is 12.5 Å². The van der Waals surface area contributed by atoms with Gasteiger partial charge in [0.25, 0.3) is 0 Å². The molecule has 0 spiro atoms. The van der Waals surface area contributed by atoms with Crippen molar-refractivity contribution in [3.63, 3.8) is 0 Å². The molecule has 1 atom stereocenters. The van der Waals surface area contributed by atoms with E-state index in [1.54, 1.807) is 0 Å². The van der Waals surface area contributed by atoms with Crippen LogP contribution in [0.4, 0.5) is 24.9 Å². The number of fused-ring (bicyclic) bond motifs is 2. The van der Waals surface area contributed by atoms with Gasteiger partial charge < -0.3 is 14.8 Å². The number of hydrogen-bond acceptors (Lipinski definition) is 4. The number of piperazine rings is 1. The normalized spacial score (nSPS) is 17.6. The van der Waals surface area contributed by atoms with E-state index in [4.69, 9.17) is 0 Å². The van der Waals surface area contributed by atoms with E-state index in [1.165, 1.54) is 0 Å². The fraction of sp³-hybridized carbons (Fsp3) is 0.273. The summed E-state index contributed by atoms with van der Waals surface area (Å²) in [4.78, 5) is 16.6. The lowest BCUT2D eigenvalue weighted by molar-refractivity contribution is -0.137. The second-order valence-corrected chi connectivity index (χ2v) is 8.61. The third-order valence-electron chi connectivity index (χ3n) is 5.71. The predicted octanol–water partition coefficient (Wildman–Crippen LogP) is 5.61. The standard InChI is InChI=1S/C22H19BrF3N5/c1-13-12-30(20-16-5-3-2-4-14(16)6-7-27-20)8-9-31(13)21-28-18-11-15(22(24,25)26)10-17(23)19(18)29-21/h2-7,10-11,13H,8-9,12H2,1H3,(H,28,29)/t13-/m0/s1. The molecule has 5 rings (SSSR count). The highest BCUT2D eigenvalue weighted by Gasteiger charge is 2.32. The quantitative estimate of drug-likeness (QED) is 0.397. The molecule has 9 heteroatoms. The highest BCUT2D eigenvalue weighted by Crippen LogP contribution is 2.36. The van der Waals surface area contributed by atoms with Crippen molar-refractivity contribution in [2.75, 3.05) is 29.4 Å². The van der Waals surface area contributed by atoms with Crippen LogP contribution in [0.3, 0.4) is 0 Å². The maximum Gasteiger partial charge on any atom is 0.416 e. The molecule has 1 saturated heterocycles. The molecule has 3 heterocycles. The molecule has 4 aromatic rings. The van der Waals surface area contributed by atoms with Crippen molar-refractivity contribution in [1.29, 1.82) is 0 Å². The number of alkyl halides is 3. The van der Waals surface area contributed by atoms with Crippen molar-refractivity contribution in [1.82, 2.24) is 15.0 Å². The number of aromatic amines is 1. The van der Waals surface area contributed by atoms with Crippen molar-refractivity contribution >= 4 is 49.5 Å². The molecule has 1 aliphatic heterocycles. The Morgan fingerprint density at radius 2 is 1.94 bits per heavy atom. The van der Waals surface area contributed by atoms with Gasteiger partial charge >= 0.3 is 6.18 Å². The molecule has 0 amide bonds. The highest BCUT2D eigenvalue weighted by molar-refractivity contribution is 9.10. The monoisotopic (exact) mass is 489 g/mol. The summed E-state index contributed by atoms with van der Waals surface area (Å²) in [6, 6.07) is 12.4. The fourth-order valence-corrected chi connectivity index (χ4v) is 4.73. The van der Waals surface area contributed by atoms with Crippen LogP contribution in [0.5, 0.6) is 0 Å². The molecular formula is C22H19BrF3N5. The molecule has 1 aliphatic rings. The zero-order chi connectivity index (χ0) is 21.8. The van der Waals surface area contributed by atoms with Crippen LogP contribution in [0, 0.1) is 0 Å². The van der Waals surface area contributed by atoms with E-state index in [-0.39, 0.29) is 6.04 Å². The Hall–Kier alpha value is -2.81. The van der Waals surface area contributed by atoms with Gasteiger partial charge in [-0.05, 0) is 46.4 Å². The van der Waals surface area contributed by atoms with E-state index in [2.05, 4.69) is 59.7 Å². The first-order valence-electron chi connectivity index (χ1n) is 9.93. The molecule has 5 nitrogen and oxygen atoms in total. The summed E-state index contributed by atoms with van der Waals surface area (Å²) >= 11 is 3.24. The Bertz CT molecular complexity index is 1260. The number of rotatable bonds is 2. The third kappa shape index (κ3) is 3.60. The first-order valence-corrected chi connectivity index (χ1v) is 10.7. The molecule has 1 fully saturated rings. The van der Waals surface area contributed by atoms with Crippen LogP contribution in [-0.4, -0.2) is 40.6 Å². The zero-order valence-corrected chi connectivity index (χ0v) is 18.2. The van der Waals surface area contributed by atoms with E-state index < -0.39 is 11.7 Å². The minimum atomic E-state index is -4.41. The van der Waals surface area contributed by atoms with Gasteiger partial charge in [-0.25, -0.2) is 9.97 Å². The fourth-order valence-electron chi connectivity index (χ4n) is 4.18. The van der Waals surface area contributed by atoms with Crippen LogP contribution in [0.2, 0.25) is 0 Å². The maximum atomic E-state index is 13.2. The summed E-state index contributed by atoms with van der Waals surface area (Å²) in [6.07, 6.45) is -2.59. The van der Waals surface area contributed by atoms with Crippen LogP contribution in [0.25, 0.3) is 21.8 Å². The van der Waals surface area contributed by atoms with E-state index in [0.717, 1.165) is 41.8 Å². The Morgan fingerprint density at radius 1 is 1.13 bits per heavy atom. The molecule has 0 unspecified atom stereocenters. The Balaban J connectivity index is 1.43. The number of nitrogens with zero attached hydrogens (tertiary/aromatic N) is 4. The molecule has 0 aliphatic carbocycles. The molecule has 1 N–H and O–H groups in total. The SMILES string of the molecule is C[C@H]1CN(c2nccc3ccccc23)CCN1c1nc2c(Br)cc(C(F)(F)F)cc2[nH]1. The largest absolute Gasteiger partial charge is 0.416 e. The molecule has 0 saturated carbocycles. The average Bonchev–Trinajstić information content (AvgIpc) is 3.17. The Labute approximate surface area is 185 Å². The zero-order valence-electron chi connectivity index (χ0n) is 16.6. The van der Waals surface area contributed by atoms with Crippen molar-refractivity contribution < 1.29 is 13.2 Å². The molecule has 31 heavy (non-hydrogen) atoms.